The average molecular weight is 385 g/mol. The molecule has 0 unspecified atom stereocenters. The lowest BCUT2D eigenvalue weighted by Crippen LogP contribution is -2.44. The molecular formula is C20H24N4O2S. The highest BCUT2D eigenvalue weighted by atomic mass is 32.2. The minimum Gasteiger partial charge on any atom is -0.411 e. The van der Waals surface area contributed by atoms with Crippen LogP contribution in [0.25, 0.3) is 22.4 Å². The number of thioether (sulfide) groups is 1. The highest BCUT2D eigenvalue weighted by Crippen LogP contribution is 2.31. The number of para-hydroxylation sites is 1. The maximum Gasteiger partial charge on any atom is 0.277 e. The molecule has 0 aliphatic heterocycles. The number of carbonyl (C=O) groups excluding carboxylic acids is 1. The van der Waals surface area contributed by atoms with Gasteiger partial charge < -0.3 is 14.7 Å². The minimum atomic E-state index is 0.0257. The summed E-state index contributed by atoms with van der Waals surface area (Å²) in [6.07, 6.45) is 5.36. The molecule has 0 spiro atoms. The Balaban J connectivity index is 1.36. The highest BCUT2D eigenvalue weighted by molar-refractivity contribution is 7.99. The van der Waals surface area contributed by atoms with Crippen LogP contribution in [0.5, 0.6) is 0 Å². The second kappa shape index (κ2) is 7.76. The third kappa shape index (κ3) is 3.88. The molecule has 1 aliphatic carbocycles. The summed E-state index contributed by atoms with van der Waals surface area (Å²) >= 11 is 1.28. The highest BCUT2D eigenvalue weighted by Gasteiger charge is 2.28. The van der Waals surface area contributed by atoms with E-state index < -0.39 is 0 Å². The third-order valence-electron chi connectivity index (χ3n) is 5.61. The number of aromatic amines is 1. The molecule has 0 radical (unpaired) electrons. The van der Waals surface area contributed by atoms with Gasteiger partial charge in [-0.1, -0.05) is 56.7 Å². The first-order valence-corrected chi connectivity index (χ1v) is 10.4. The molecule has 7 heteroatoms. The number of aromatic nitrogens is 3. The first-order chi connectivity index (χ1) is 13.1. The predicted molar refractivity (Wildman–Crippen MR) is 106 cm³/mol. The van der Waals surface area contributed by atoms with E-state index in [0.717, 1.165) is 22.9 Å². The van der Waals surface area contributed by atoms with Crippen LogP contribution in [0, 0.1) is 11.8 Å². The van der Waals surface area contributed by atoms with Crippen molar-refractivity contribution >= 4 is 28.6 Å². The lowest BCUT2D eigenvalue weighted by Gasteiger charge is -2.34. The first kappa shape index (κ1) is 18.1. The van der Waals surface area contributed by atoms with E-state index in [1.807, 2.05) is 30.5 Å². The van der Waals surface area contributed by atoms with Gasteiger partial charge >= 0.3 is 0 Å². The summed E-state index contributed by atoms with van der Waals surface area (Å²) in [6, 6.07) is 8.24. The molecule has 1 fully saturated rings. The zero-order valence-corrected chi connectivity index (χ0v) is 16.4. The lowest BCUT2D eigenvalue weighted by atomic mass is 9.78. The van der Waals surface area contributed by atoms with Gasteiger partial charge in [0.15, 0.2) is 0 Å². The van der Waals surface area contributed by atoms with E-state index in [-0.39, 0.29) is 17.7 Å². The van der Waals surface area contributed by atoms with Gasteiger partial charge in [-0.2, -0.15) is 0 Å². The van der Waals surface area contributed by atoms with Crippen LogP contribution in [0.4, 0.5) is 0 Å². The molecule has 3 atom stereocenters. The molecule has 0 bridgehead atoms. The van der Waals surface area contributed by atoms with Crippen molar-refractivity contribution in [1.29, 1.82) is 0 Å². The van der Waals surface area contributed by atoms with Crippen molar-refractivity contribution in [3.8, 4) is 11.5 Å². The Morgan fingerprint density at radius 2 is 2.15 bits per heavy atom. The molecule has 0 saturated heterocycles. The van der Waals surface area contributed by atoms with Gasteiger partial charge in [-0.15, -0.1) is 10.2 Å². The minimum absolute atomic E-state index is 0.0257. The van der Waals surface area contributed by atoms with Crippen LogP contribution < -0.4 is 5.32 Å². The number of nitrogens with one attached hydrogen (secondary N) is 2. The molecule has 3 aromatic rings. The molecule has 2 N–H and O–H groups in total. The number of fused-ring (bicyclic) bond motifs is 1. The summed E-state index contributed by atoms with van der Waals surface area (Å²) in [5.74, 6) is 1.95. The number of carbonyl (C=O) groups is 1. The summed E-state index contributed by atoms with van der Waals surface area (Å²) < 4.78 is 5.76. The van der Waals surface area contributed by atoms with Gasteiger partial charge in [-0.25, -0.2) is 0 Å². The van der Waals surface area contributed by atoms with Crippen molar-refractivity contribution in [3.63, 3.8) is 0 Å². The van der Waals surface area contributed by atoms with E-state index in [2.05, 4.69) is 34.3 Å². The fourth-order valence-corrected chi connectivity index (χ4v) is 4.36. The lowest BCUT2D eigenvalue weighted by molar-refractivity contribution is -0.120. The SMILES string of the molecule is C[C@H]1[C@@H](NC(=O)CSc2nnc(-c3c[nH]c4ccccc34)o2)CCC[C@@H]1C. The molecule has 27 heavy (non-hydrogen) atoms. The van der Waals surface area contributed by atoms with Crippen LogP contribution in [0.3, 0.4) is 0 Å². The van der Waals surface area contributed by atoms with Crippen LogP contribution in [0.15, 0.2) is 40.1 Å². The van der Waals surface area contributed by atoms with Crippen molar-refractivity contribution in [2.75, 3.05) is 5.75 Å². The molecule has 2 heterocycles. The Hall–Kier alpha value is -2.28. The van der Waals surface area contributed by atoms with Gasteiger partial charge in [-0.3, -0.25) is 4.79 Å². The number of amides is 1. The molecule has 1 saturated carbocycles. The Labute approximate surface area is 162 Å². The largest absolute Gasteiger partial charge is 0.411 e. The fraction of sp³-hybridized carbons (Fsp3) is 0.450. The average Bonchev–Trinajstić information content (AvgIpc) is 3.30. The summed E-state index contributed by atoms with van der Waals surface area (Å²) in [7, 11) is 0. The van der Waals surface area contributed by atoms with E-state index in [4.69, 9.17) is 4.42 Å². The van der Waals surface area contributed by atoms with E-state index in [1.165, 1.54) is 24.6 Å². The fourth-order valence-electron chi connectivity index (χ4n) is 3.79. The van der Waals surface area contributed by atoms with Gasteiger partial charge in [0.25, 0.3) is 11.1 Å². The number of hydrogen-bond donors (Lipinski definition) is 2. The normalized spacial score (nSPS) is 22.8. The standard InChI is InChI=1S/C20H24N4O2S/c1-12-6-5-9-16(13(12)2)22-18(25)11-27-20-24-23-19(26-20)15-10-21-17-8-4-3-7-14(15)17/h3-4,7-8,10,12-13,16,21H,5-6,9,11H2,1-2H3,(H,22,25)/t12-,13+,16-/m0/s1. The van der Waals surface area contributed by atoms with Gasteiger partial charge in [0.05, 0.1) is 11.3 Å². The van der Waals surface area contributed by atoms with E-state index in [1.54, 1.807) is 0 Å². The number of hydrogen-bond acceptors (Lipinski definition) is 5. The summed E-state index contributed by atoms with van der Waals surface area (Å²) in [6.45, 7) is 4.50. The Kier molecular flexibility index (Phi) is 5.20. The molecule has 6 nitrogen and oxygen atoms in total. The van der Waals surface area contributed by atoms with Crippen LogP contribution in [0.2, 0.25) is 0 Å². The number of rotatable bonds is 5. The van der Waals surface area contributed by atoms with Gasteiger partial charge in [-0.05, 0) is 24.3 Å². The van der Waals surface area contributed by atoms with E-state index in [0.29, 0.717) is 22.9 Å². The molecule has 1 aromatic carbocycles. The summed E-state index contributed by atoms with van der Waals surface area (Å²) in [5.41, 5.74) is 1.90. The van der Waals surface area contributed by atoms with Gasteiger partial charge in [0.1, 0.15) is 0 Å². The maximum atomic E-state index is 12.3. The first-order valence-electron chi connectivity index (χ1n) is 9.44. The van der Waals surface area contributed by atoms with Crippen molar-refractivity contribution < 1.29 is 9.21 Å². The van der Waals surface area contributed by atoms with E-state index in [9.17, 15) is 4.79 Å². The molecule has 1 amide bonds. The molecular weight excluding hydrogens is 360 g/mol. The molecule has 4 rings (SSSR count). The third-order valence-corrected chi connectivity index (χ3v) is 6.42. The predicted octanol–water partition coefficient (Wildman–Crippen LogP) is 4.25. The zero-order chi connectivity index (χ0) is 18.8. The van der Waals surface area contributed by atoms with Crippen molar-refractivity contribution in [2.24, 2.45) is 11.8 Å². The van der Waals surface area contributed by atoms with Crippen molar-refractivity contribution in [3.05, 3.63) is 30.5 Å². The Bertz CT molecular complexity index is 935. The van der Waals surface area contributed by atoms with Crippen LogP contribution in [0.1, 0.15) is 33.1 Å². The monoisotopic (exact) mass is 384 g/mol. The van der Waals surface area contributed by atoms with Crippen LogP contribution in [-0.4, -0.2) is 32.9 Å². The maximum absolute atomic E-state index is 12.3. The second-order valence-corrected chi connectivity index (χ2v) is 8.28. The van der Waals surface area contributed by atoms with Crippen LogP contribution in [-0.2, 0) is 4.79 Å². The smallest absolute Gasteiger partial charge is 0.277 e. The Morgan fingerprint density at radius 3 is 3.04 bits per heavy atom. The topological polar surface area (TPSA) is 83.8 Å². The molecule has 1 aliphatic rings. The molecule has 142 valence electrons. The molecule has 2 aromatic heterocycles. The Morgan fingerprint density at radius 1 is 1.30 bits per heavy atom. The van der Waals surface area contributed by atoms with E-state index >= 15 is 0 Å². The quantitative estimate of drug-likeness (QED) is 0.643. The van der Waals surface area contributed by atoms with Gasteiger partial charge in [0, 0.05) is 23.1 Å². The number of nitrogens with zero attached hydrogens (tertiary/aromatic N) is 2. The number of benzene rings is 1. The van der Waals surface area contributed by atoms with Crippen molar-refractivity contribution in [2.45, 2.75) is 44.4 Å². The zero-order valence-electron chi connectivity index (χ0n) is 15.6. The van der Waals surface area contributed by atoms with Crippen LogP contribution >= 0.6 is 11.8 Å². The second-order valence-electron chi connectivity index (χ2n) is 7.35. The summed E-state index contributed by atoms with van der Waals surface area (Å²) in [4.78, 5) is 15.5. The summed E-state index contributed by atoms with van der Waals surface area (Å²) in [5, 5.41) is 12.8. The van der Waals surface area contributed by atoms with Gasteiger partial charge in [0.2, 0.25) is 5.91 Å². The number of H-pyrrole nitrogens is 1. The van der Waals surface area contributed by atoms with Crippen molar-refractivity contribution in [1.82, 2.24) is 20.5 Å².